The van der Waals surface area contributed by atoms with Gasteiger partial charge in [0.2, 0.25) is 0 Å². The smallest absolute Gasteiger partial charge is 0.137 e. The Morgan fingerprint density at radius 3 is 0.882 bits per heavy atom. The molecule has 0 aromatic rings. The minimum atomic E-state index is 0.204. The standard InChI is InChI=1S/C9H18.C8H16O.C7H14O.C7H14S/c1-7(2)9(5-6-9)8(3)4;1-6(2)8(5-9-8)7(3)4;2*1-5(2)7(8)6(3)4/h7-8H,5-6H2,1-4H3;6-7H,5H2,1-4H3;2*5-6H,1-4H3. The van der Waals surface area contributed by atoms with Crippen LogP contribution in [-0.2, 0) is 9.53 Å². The Morgan fingerprint density at radius 1 is 0.588 bits per heavy atom. The van der Waals surface area contributed by atoms with Gasteiger partial charge in [0.25, 0.3) is 0 Å². The second-order valence-corrected chi connectivity index (χ2v) is 13.5. The lowest BCUT2D eigenvalue weighted by molar-refractivity contribution is -0.124. The first kappa shape index (κ1) is 35.9. The highest BCUT2D eigenvalue weighted by atomic mass is 32.1. The van der Waals surface area contributed by atoms with Crippen molar-refractivity contribution in [3.63, 3.8) is 0 Å². The van der Waals surface area contributed by atoms with Gasteiger partial charge < -0.3 is 4.74 Å². The summed E-state index contributed by atoms with van der Waals surface area (Å²) < 4.78 is 5.42. The van der Waals surface area contributed by atoms with E-state index in [1.54, 1.807) is 0 Å². The number of rotatable bonds is 8. The van der Waals surface area contributed by atoms with E-state index in [-0.39, 0.29) is 17.4 Å². The highest BCUT2D eigenvalue weighted by Crippen LogP contribution is 2.57. The molecule has 204 valence electrons. The average Bonchev–Trinajstić information content (AvgIpc) is 3.60. The molecule has 34 heavy (non-hydrogen) atoms. The molecule has 1 saturated carbocycles. The summed E-state index contributed by atoms with van der Waals surface area (Å²) in [4.78, 5) is 12.0. The van der Waals surface area contributed by atoms with Crippen molar-refractivity contribution in [2.75, 3.05) is 6.61 Å². The fourth-order valence-electron chi connectivity index (χ4n) is 4.72. The van der Waals surface area contributed by atoms with Gasteiger partial charge in [0.1, 0.15) is 5.78 Å². The van der Waals surface area contributed by atoms with Crippen LogP contribution in [0.25, 0.3) is 0 Å². The van der Waals surface area contributed by atoms with Crippen LogP contribution in [0.15, 0.2) is 0 Å². The number of epoxide rings is 1. The topological polar surface area (TPSA) is 29.6 Å². The third-order valence-corrected chi connectivity index (χ3v) is 8.78. The van der Waals surface area contributed by atoms with Gasteiger partial charge in [-0.05, 0) is 58.6 Å². The quantitative estimate of drug-likeness (QED) is 0.246. The van der Waals surface area contributed by atoms with Gasteiger partial charge in [-0.15, -0.1) is 0 Å². The highest BCUT2D eigenvalue weighted by molar-refractivity contribution is 7.80. The summed E-state index contributed by atoms with van der Waals surface area (Å²) in [5.74, 6) is 5.06. The molecule has 2 aliphatic rings. The summed E-state index contributed by atoms with van der Waals surface area (Å²) in [6.07, 6.45) is 2.95. The van der Waals surface area contributed by atoms with Crippen LogP contribution in [0.4, 0.5) is 0 Å². The molecule has 2 nitrogen and oxygen atoms in total. The molecule has 0 bridgehead atoms. The average molecular weight is 499 g/mol. The summed E-state index contributed by atoms with van der Waals surface area (Å²) in [6, 6.07) is 0. The molecule has 1 aliphatic carbocycles. The van der Waals surface area contributed by atoms with Gasteiger partial charge in [-0.2, -0.15) is 0 Å². The summed E-state index contributed by atoms with van der Waals surface area (Å²) in [5, 5.41) is 0. The van der Waals surface area contributed by atoms with Crippen molar-refractivity contribution in [2.24, 2.45) is 52.8 Å². The zero-order valence-corrected chi connectivity index (χ0v) is 26.8. The van der Waals surface area contributed by atoms with Crippen LogP contribution in [0.3, 0.4) is 0 Å². The predicted molar refractivity (Wildman–Crippen MR) is 157 cm³/mol. The number of thiocarbonyl (C=S) groups is 1. The number of hydrogen-bond acceptors (Lipinski definition) is 3. The van der Waals surface area contributed by atoms with Crippen LogP contribution < -0.4 is 0 Å². The monoisotopic (exact) mass is 498 g/mol. The second-order valence-electron chi connectivity index (χ2n) is 13.0. The van der Waals surface area contributed by atoms with Crippen LogP contribution in [-0.4, -0.2) is 22.9 Å². The molecule has 0 spiro atoms. The van der Waals surface area contributed by atoms with E-state index in [0.717, 1.165) is 23.9 Å². The lowest BCUT2D eigenvalue weighted by atomic mass is 9.82. The second kappa shape index (κ2) is 15.7. The van der Waals surface area contributed by atoms with E-state index >= 15 is 0 Å². The molecular formula is C31H62O2S. The molecule has 0 radical (unpaired) electrons. The molecule has 0 amide bonds. The largest absolute Gasteiger partial charge is 0.369 e. The molecule has 0 aromatic heterocycles. The molecule has 0 atom stereocenters. The highest BCUT2D eigenvalue weighted by Gasteiger charge is 2.50. The zero-order chi connectivity index (χ0) is 27.6. The maximum absolute atomic E-state index is 10.8. The Hall–Kier alpha value is -0.280. The van der Waals surface area contributed by atoms with Crippen LogP contribution in [0.2, 0.25) is 0 Å². The zero-order valence-electron chi connectivity index (χ0n) is 26.0. The van der Waals surface area contributed by atoms with E-state index in [0.29, 0.717) is 29.5 Å². The lowest BCUT2D eigenvalue weighted by Gasteiger charge is -2.23. The fraction of sp³-hybridized carbons (Fsp3) is 0.935. The first-order valence-corrected chi connectivity index (χ1v) is 14.4. The molecule has 2 rings (SSSR count). The number of ketones is 1. The predicted octanol–water partition coefficient (Wildman–Crippen LogP) is 9.68. The van der Waals surface area contributed by atoms with Crippen molar-refractivity contribution in [1.29, 1.82) is 0 Å². The SMILES string of the molecule is CC(C)C(=O)C(C)C.CC(C)C(=S)C(C)C.CC(C)C1(C(C)C)CC1.CC(C)C1(C(C)C)CO1. The molecule has 2 fully saturated rings. The van der Waals surface area contributed by atoms with Crippen molar-refractivity contribution in [3.05, 3.63) is 0 Å². The maximum Gasteiger partial charge on any atom is 0.137 e. The van der Waals surface area contributed by atoms with E-state index in [4.69, 9.17) is 17.0 Å². The lowest BCUT2D eigenvalue weighted by Crippen LogP contribution is -2.25. The van der Waals surface area contributed by atoms with E-state index in [9.17, 15) is 4.79 Å². The van der Waals surface area contributed by atoms with Gasteiger partial charge in [-0.25, -0.2) is 0 Å². The first-order chi connectivity index (χ1) is 15.3. The van der Waals surface area contributed by atoms with Crippen molar-refractivity contribution in [1.82, 2.24) is 0 Å². The molecule has 0 aromatic carbocycles. The fourth-order valence-corrected chi connectivity index (χ4v) is 4.72. The molecule has 3 heteroatoms. The van der Waals surface area contributed by atoms with E-state index < -0.39 is 0 Å². The molecule has 1 saturated heterocycles. The number of carbonyl (C=O) groups is 1. The van der Waals surface area contributed by atoms with Gasteiger partial charge in [0, 0.05) is 11.8 Å². The van der Waals surface area contributed by atoms with Gasteiger partial charge in [0.05, 0.1) is 12.2 Å². The normalized spacial score (nSPS) is 17.4. The van der Waals surface area contributed by atoms with Gasteiger partial charge >= 0.3 is 0 Å². The molecule has 0 unspecified atom stereocenters. The van der Waals surface area contributed by atoms with Crippen LogP contribution in [0.1, 0.15) is 124 Å². The van der Waals surface area contributed by atoms with Gasteiger partial charge in [0.15, 0.2) is 0 Å². The van der Waals surface area contributed by atoms with Crippen molar-refractivity contribution in [3.8, 4) is 0 Å². The molecule has 1 heterocycles. The Labute approximate surface area is 220 Å². The minimum absolute atomic E-state index is 0.204. The summed E-state index contributed by atoms with van der Waals surface area (Å²) in [5.41, 5.74) is 1.00. The van der Waals surface area contributed by atoms with E-state index in [1.165, 1.54) is 17.7 Å². The first-order valence-electron chi connectivity index (χ1n) is 14.0. The summed E-state index contributed by atoms with van der Waals surface area (Å²) >= 11 is 5.10. The molecule has 1 aliphatic heterocycles. The van der Waals surface area contributed by atoms with Gasteiger partial charge in [-0.1, -0.05) is 123 Å². The summed E-state index contributed by atoms with van der Waals surface area (Å²) in [7, 11) is 0. The Bertz CT molecular complexity index is 482. The van der Waals surface area contributed by atoms with E-state index in [2.05, 4.69) is 83.1 Å². The van der Waals surface area contributed by atoms with Crippen molar-refractivity contribution >= 4 is 22.9 Å². The Kier molecular flexibility index (Phi) is 16.6. The van der Waals surface area contributed by atoms with Crippen LogP contribution in [0.5, 0.6) is 0 Å². The Morgan fingerprint density at radius 2 is 0.882 bits per heavy atom. The van der Waals surface area contributed by atoms with Crippen molar-refractivity contribution in [2.45, 2.75) is 129 Å². The molecular weight excluding hydrogens is 436 g/mol. The third-order valence-electron chi connectivity index (χ3n) is 7.84. The third kappa shape index (κ3) is 12.1. The number of Topliss-reactive ketones (excluding diaryl/α,β-unsaturated/α-hetero) is 1. The van der Waals surface area contributed by atoms with Crippen LogP contribution in [0, 0.1) is 52.8 Å². The number of carbonyl (C=O) groups excluding carboxylic acids is 1. The Balaban J connectivity index is 0. The van der Waals surface area contributed by atoms with Crippen molar-refractivity contribution < 1.29 is 9.53 Å². The number of hydrogen-bond donors (Lipinski definition) is 0. The van der Waals surface area contributed by atoms with Gasteiger partial charge in [-0.3, -0.25) is 4.79 Å². The summed E-state index contributed by atoms with van der Waals surface area (Å²) in [6.45, 7) is 35.6. The van der Waals surface area contributed by atoms with E-state index in [1.807, 2.05) is 27.7 Å². The maximum atomic E-state index is 10.8. The van der Waals surface area contributed by atoms with Crippen LogP contribution >= 0.6 is 12.2 Å². The minimum Gasteiger partial charge on any atom is -0.369 e. The number of ether oxygens (including phenoxy) is 1. The molecule has 0 N–H and O–H groups in total.